The van der Waals surface area contributed by atoms with Gasteiger partial charge >= 0.3 is 0 Å². The number of aromatic nitrogens is 5. The van der Waals surface area contributed by atoms with Gasteiger partial charge in [-0.15, -0.1) is 0 Å². The maximum atomic E-state index is 5.94. The first kappa shape index (κ1) is 16.5. The summed E-state index contributed by atoms with van der Waals surface area (Å²) in [7, 11) is 1.66. The lowest BCUT2D eigenvalue weighted by atomic mass is 10.1. The minimum Gasteiger partial charge on any atom is -0.497 e. The zero-order chi connectivity index (χ0) is 18.1. The highest BCUT2D eigenvalue weighted by atomic mass is 35.5. The molecular formula is C19H16ClN5O. The van der Waals surface area contributed by atoms with Crippen LogP contribution in [0.4, 0.5) is 0 Å². The molecule has 0 aliphatic carbocycles. The van der Waals surface area contributed by atoms with Crippen molar-refractivity contribution in [2.45, 2.75) is 13.5 Å². The first-order chi connectivity index (χ1) is 12.6. The molecule has 0 fully saturated rings. The molecule has 0 spiro atoms. The van der Waals surface area contributed by atoms with Crippen LogP contribution in [0.25, 0.3) is 22.3 Å². The van der Waals surface area contributed by atoms with E-state index in [-0.39, 0.29) is 0 Å². The second-order valence-corrected chi connectivity index (χ2v) is 6.30. The maximum absolute atomic E-state index is 5.94. The maximum Gasteiger partial charge on any atom is 0.158 e. The number of rotatable bonds is 4. The Balaban J connectivity index is 1.71. The zero-order valence-corrected chi connectivity index (χ0v) is 15.1. The molecule has 3 aromatic heterocycles. The molecule has 130 valence electrons. The number of fused-ring (bicyclic) bond motifs is 1. The van der Waals surface area contributed by atoms with E-state index in [4.69, 9.17) is 16.3 Å². The SMILES string of the molecule is COc1ccc(Cn2nc(C)c3cc(-c4cncc(Cl)n4)cnc32)cc1. The van der Waals surface area contributed by atoms with E-state index in [0.29, 0.717) is 17.4 Å². The molecule has 0 unspecified atom stereocenters. The van der Waals surface area contributed by atoms with Crippen molar-refractivity contribution in [3.8, 4) is 17.0 Å². The molecule has 3 heterocycles. The van der Waals surface area contributed by atoms with E-state index in [2.05, 4.69) is 20.1 Å². The van der Waals surface area contributed by atoms with Crippen LogP contribution in [-0.4, -0.2) is 31.8 Å². The third kappa shape index (κ3) is 3.11. The van der Waals surface area contributed by atoms with E-state index >= 15 is 0 Å². The number of aryl methyl sites for hydroxylation is 1. The van der Waals surface area contributed by atoms with Crippen molar-refractivity contribution in [3.63, 3.8) is 0 Å². The Morgan fingerprint density at radius 1 is 1.12 bits per heavy atom. The van der Waals surface area contributed by atoms with Gasteiger partial charge < -0.3 is 4.74 Å². The predicted octanol–water partition coefficient (Wildman–Crippen LogP) is 3.91. The van der Waals surface area contributed by atoms with Crippen LogP contribution in [0.3, 0.4) is 0 Å². The predicted molar refractivity (Wildman–Crippen MR) is 100 cm³/mol. The average molecular weight is 366 g/mol. The summed E-state index contributed by atoms with van der Waals surface area (Å²) >= 11 is 5.94. The third-order valence-electron chi connectivity index (χ3n) is 4.16. The summed E-state index contributed by atoms with van der Waals surface area (Å²) < 4.78 is 7.10. The van der Waals surface area contributed by atoms with Crippen LogP contribution in [0.1, 0.15) is 11.3 Å². The average Bonchev–Trinajstić information content (AvgIpc) is 2.97. The Morgan fingerprint density at radius 2 is 1.92 bits per heavy atom. The molecule has 0 N–H and O–H groups in total. The number of methoxy groups -OCH3 is 1. The van der Waals surface area contributed by atoms with E-state index in [0.717, 1.165) is 33.6 Å². The topological polar surface area (TPSA) is 65.7 Å². The molecule has 0 radical (unpaired) electrons. The van der Waals surface area contributed by atoms with Gasteiger partial charge in [-0.25, -0.2) is 14.6 Å². The van der Waals surface area contributed by atoms with Crippen LogP contribution in [0, 0.1) is 6.92 Å². The van der Waals surface area contributed by atoms with Gasteiger partial charge in [-0.05, 0) is 30.7 Å². The van der Waals surface area contributed by atoms with E-state index in [9.17, 15) is 0 Å². The Bertz CT molecular complexity index is 1080. The second kappa shape index (κ2) is 6.72. The van der Waals surface area contributed by atoms with E-state index in [1.165, 1.54) is 6.20 Å². The highest BCUT2D eigenvalue weighted by Gasteiger charge is 2.12. The van der Waals surface area contributed by atoms with Crippen LogP contribution in [-0.2, 0) is 6.54 Å². The van der Waals surface area contributed by atoms with Crippen LogP contribution in [0.5, 0.6) is 5.75 Å². The monoisotopic (exact) mass is 365 g/mol. The molecule has 4 aromatic rings. The fourth-order valence-electron chi connectivity index (χ4n) is 2.85. The molecule has 6 nitrogen and oxygen atoms in total. The number of ether oxygens (including phenoxy) is 1. The fraction of sp³-hybridized carbons (Fsp3) is 0.158. The van der Waals surface area contributed by atoms with Gasteiger partial charge in [-0.3, -0.25) is 4.98 Å². The molecule has 4 rings (SSSR count). The number of pyridine rings is 1. The second-order valence-electron chi connectivity index (χ2n) is 5.91. The highest BCUT2D eigenvalue weighted by Crippen LogP contribution is 2.24. The Hall–Kier alpha value is -2.99. The normalized spacial score (nSPS) is 11.0. The zero-order valence-electron chi connectivity index (χ0n) is 14.3. The lowest BCUT2D eigenvalue weighted by Crippen LogP contribution is -2.03. The number of hydrogen-bond acceptors (Lipinski definition) is 5. The molecule has 0 saturated carbocycles. The summed E-state index contributed by atoms with van der Waals surface area (Å²) in [4.78, 5) is 13.0. The quantitative estimate of drug-likeness (QED) is 0.548. The Kier molecular flexibility index (Phi) is 4.26. The minimum atomic E-state index is 0.356. The van der Waals surface area contributed by atoms with Crippen LogP contribution in [0.15, 0.2) is 48.9 Å². The highest BCUT2D eigenvalue weighted by molar-refractivity contribution is 6.29. The standard InChI is InChI=1S/C19H16ClN5O/c1-12-16-7-14(17-9-21-10-18(20)23-17)8-22-19(16)25(24-12)11-13-3-5-15(26-2)6-4-13/h3-10H,11H2,1-2H3. The molecule has 0 bridgehead atoms. The summed E-state index contributed by atoms with van der Waals surface area (Å²) in [5, 5.41) is 5.98. The minimum absolute atomic E-state index is 0.356. The van der Waals surface area contributed by atoms with Crippen molar-refractivity contribution < 1.29 is 4.74 Å². The molecule has 7 heteroatoms. The van der Waals surface area contributed by atoms with Gasteiger partial charge in [0.2, 0.25) is 0 Å². The van der Waals surface area contributed by atoms with Gasteiger partial charge in [-0.2, -0.15) is 5.10 Å². The lowest BCUT2D eigenvalue weighted by molar-refractivity contribution is 0.414. The van der Waals surface area contributed by atoms with Crippen LogP contribution in [0.2, 0.25) is 5.15 Å². The number of benzene rings is 1. The van der Waals surface area contributed by atoms with E-state index < -0.39 is 0 Å². The molecule has 0 aliphatic heterocycles. The van der Waals surface area contributed by atoms with Crippen molar-refractivity contribution in [1.82, 2.24) is 24.7 Å². The van der Waals surface area contributed by atoms with Gasteiger partial charge in [0.1, 0.15) is 10.9 Å². The Labute approximate surface area is 155 Å². The largest absolute Gasteiger partial charge is 0.497 e. The Morgan fingerprint density at radius 3 is 2.65 bits per heavy atom. The first-order valence-electron chi connectivity index (χ1n) is 8.08. The number of nitrogens with zero attached hydrogens (tertiary/aromatic N) is 5. The third-order valence-corrected chi connectivity index (χ3v) is 4.35. The van der Waals surface area contributed by atoms with Crippen LogP contribution < -0.4 is 4.74 Å². The van der Waals surface area contributed by atoms with Gasteiger partial charge in [0, 0.05) is 17.1 Å². The molecular weight excluding hydrogens is 350 g/mol. The van der Waals surface area contributed by atoms with Crippen molar-refractivity contribution in [1.29, 1.82) is 0 Å². The molecule has 26 heavy (non-hydrogen) atoms. The van der Waals surface area contributed by atoms with E-state index in [1.54, 1.807) is 19.5 Å². The van der Waals surface area contributed by atoms with Crippen LogP contribution >= 0.6 is 11.6 Å². The number of hydrogen-bond donors (Lipinski definition) is 0. The van der Waals surface area contributed by atoms with Gasteiger partial charge in [-0.1, -0.05) is 23.7 Å². The molecule has 0 atom stereocenters. The van der Waals surface area contributed by atoms with E-state index in [1.807, 2.05) is 41.9 Å². The van der Waals surface area contributed by atoms with Gasteiger partial charge in [0.05, 0.1) is 37.4 Å². The molecule has 0 aliphatic rings. The summed E-state index contributed by atoms with van der Waals surface area (Å²) in [5.41, 5.74) is 4.42. The molecule has 0 amide bonds. The van der Waals surface area contributed by atoms with Crippen molar-refractivity contribution in [2.75, 3.05) is 7.11 Å². The fourth-order valence-corrected chi connectivity index (χ4v) is 2.99. The summed E-state index contributed by atoms with van der Waals surface area (Å²) in [6.07, 6.45) is 4.95. The smallest absolute Gasteiger partial charge is 0.158 e. The van der Waals surface area contributed by atoms with Crippen molar-refractivity contribution >= 4 is 22.6 Å². The lowest BCUT2D eigenvalue weighted by Gasteiger charge is -2.05. The number of halogens is 1. The summed E-state index contributed by atoms with van der Waals surface area (Å²) in [6.45, 7) is 2.61. The summed E-state index contributed by atoms with van der Waals surface area (Å²) in [5.74, 6) is 0.834. The van der Waals surface area contributed by atoms with Gasteiger partial charge in [0.15, 0.2) is 5.65 Å². The van der Waals surface area contributed by atoms with Crippen molar-refractivity contribution in [2.24, 2.45) is 0 Å². The van der Waals surface area contributed by atoms with Crippen molar-refractivity contribution in [3.05, 3.63) is 65.3 Å². The first-order valence-corrected chi connectivity index (χ1v) is 8.46. The molecule has 0 saturated heterocycles. The molecule has 1 aromatic carbocycles. The summed E-state index contributed by atoms with van der Waals surface area (Å²) in [6, 6.07) is 9.96. The van der Waals surface area contributed by atoms with Gasteiger partial charge in [0.25, 0.3) is 0 Å².